The van der Waals surface area contributed by atoms with Crippen LogP contribution in [0.5, 0.6) is 0 Å². The zero-order chi connectivity index (χ0) is 27.3. The smallest absolute Gasteiger partial charge is 0.341 e. The Morgan fingerprint density at radius 1 is 1.11 bits per heavy atom. The summed E-state index contributed by atoms with van der Waals surface area (Å²) in [5.41, 5.74) is 3.62. The molecule has 38 heavy (non-hydrogen) atoms. The first-order valence-electron chi connectivity index (χ1n) is 11.9. The fourth-order valence-corrected chi connectivity index (χ4v) is 6.94. The minimum Gasteiger partial charge on any atom is -0.465 e. The maximum absolute atomic E-state index is 13.4. The average molecular weight is 572 g/mol. The van der Waals surface area contributed by atoms with Gasteiger partial charge in [0, 0.05) is 21.3 Å². The quantitative estimate of drug-likeness (QED) is 0.242. The summed E-state index contributed by atoms with van der Waals surface area (Å²) in [4.78, 5) is 53.6. The van der Waals surface area contributed by atoms with Gasteiger partial charge in [0.25, 0.3) is 11.8 Å². The number of carbonyl (C=O) groups is 4. The fraction of sp³-hybridized carbons (Fsp3) is 0.259. The number of urea groups is 1. The Bertz CT molecular complexity index is 1570. The number of nitrogens with zero attached hydrogens (tertiary/aromatic N) is 2. The molecule has 3 heterocycles. The molecular formula is C27H23Cl2N3O5S. The van der Waals surface area contributed by atoms with Gasteiger partial charge < -0.3 is 9.30 Å². The lowest BCUT2D eigenvalue weighted by Gasteiger charge is -2.27. The number of ether oxygens (including phenoxy) is 1. The summed E-state index contributed by atoms with van der Waals surface area (Å²) in [6.45, 7) is 3.74. The number of hydrogen-bond donors (Lipinski definition) is 1. The number of carbonyl (C=O) groups excluding carboxylic acids is 4. The van der Waals surface area contributed by atoms with Crippen LogP contribution in [-0.4, -0.2) is 35.5 Å². The predicted molar refractivity (Wildman–Crippen MR) is 147 cm³/mol. The number of barbiturate groups is 1. The molecule has 2 aromatic heterocycles. The van der Waals surface area contributed by atoms with E-state index in [0.29, 0.717) is 16.1 Å². The number of rotatable bonds is 4. The van der Waals surface area contributed by atoms with Crippen LogP contribution in [0.4, 0.5) is 10.5 Å². The number of anilines is 1. The zero-order valence-electron chi connectivity index (χ0n) is 20.8. The first-order valence-corrected chi connectivity index (χ1v) is 13.5. The second-order valence-corrected chi connectivity index (χ2v) is 11.0. The number of aryl methyl sites for hydroxylation is 2. The molecule has 1 aliphatic heterocycles. The van der Waals surface area contributed by atoms with Gasteiger partial charge in [-0.25, -0.2) is 14.5 Å². The molecule has 1 aromatic carbocycles. The van der Waals surface area contributed by atoms with E-state index in [9.17, 15) is 19.2 Å². The summed E-state index contributed by atoms with van der Waals surface area (Å²) in [5.74, 6) is -2.01. The van der Waals surface area contributed by atoms with Crippen molar-refractivity contribution in [3.05, 3.63) is 72.8 Å². The van der Waals surface area contributed by atoms with Crippen molar-refractivity contribution in [3.63, 3.8) is 0 Å². The van der Waals surface area contributed by atoms with Gasteiger partial charge >= 0.3 is 12.0 Å². The van der Waals surface area contributed by atoms with Crippen LogP contribution in [-0.2, 0) is 27.2 Å². The fourth-order valence-electron chi connectivity index (χ4n) is 4.96. The van der Waals surface area contributed by atoms with Crippen molar-refractivity contribution in [2.45, 2.75) is 39.5 Å². The van der Waals surface area contributed by atoms with Crippen molar-refractivity contribution in [1.29, 1.82) is 0 Å². The molecule has 8 nitrogen and oxygen atoms in total. The van der Waals surface area contributed by atoms with Gasteiger partial charge in [-0.15, -0.1) is 11.3 Å². The second-order valence-electron chi connectivity index (χ2n) is 9.10. The number of thiophene rings is 1. The molecule has 4 amide bonds. The topological polar surface area (TPSA) is 97.7 Å². The van der Waals surface area contributed by atoms with Gasteiger partial charge in [0.05, 0.1) is 23.4 Å². The number of methoxy groups -OCH3 is 1. The summed E-state index contributed by atoms with van der Waals surface area (Å²) in [6, 6.07) is 5.27. The van der Waals surface area contributed by atoms with Gasteiger partial charge in [0.2, 0.25) is 0 Å². The number of nitrogens with one attached hydrogen (secondary N) is 1. The maximum Gasteiger partial charge on any atom is 0.341 e. The Balaban J connectivity index is 1.60. The van der Waals surface area contributed by atoms with Gasteiger partial charge in [-0.3, -0.25) is 14.9 Å². The number of imide groups is 2. The zero-order valence-corrected chi connectivity index (χ0v) is 23.1. The standard InChI is InChI=1S/C27H23Cl2N3O5S/c1-13-10-15(14(2)31(13)25-22(26(35)37-3)17-6-4-5-7-21(17)38-25)11-18-23(33)30-27(36)32(24(18)34)20-9-8-16(28)12-19(20)29/h8-12H,4-7H2,1-3H3,(H,30,33,36)/b18-11+. The molecule has 0 spiro atoms. The molecular weight excluding hydrogens is 549 g/mol. The summed E-state index contributed by atoms with van der Waals surface area (Å²) in [6.07, 6.45) is 5.26. The lowest BCUT2D eigenvalue weighted by Crippen LogP contribution is -2.54. The monoisotopic (exact) mass is 571 g/mol. The summed E-state index contributed by atoms with van der Waals surface area (Å²) in [7, 11) is 1.37. The Labute approximate surface area is 232 Å². The van der Waals surface area contributed by atoms with Crippen molar-refractivity contribution in [1.82, 2.24) is 9.88 Å². The molecule has 0 unspecified atom stereocenters. The van der Waals surface area contributed by atoms with Gasteiger partial charge in [0.15, 0.2) is 0 Å². The molecule has 1 saturated heterocycles. The number of aromatic nitrogens is 1. The lowest BCUT2D eigenvalue weighted by atomic mass is 9.95. The van der Waals surface area contributed by atoms with E-state index in [-0.39, 0.29) is 22.3 Å². The summed E-state index contributed by atoms with van der Waals surface area (Å²) >= 11 is 13.8. The van der Waals surface area contributed by atoms with Crippen LogP contribution in [0.2, 0.25) is 10.0 Å². The molecule has 11 heteroatoms. The predicted octanol–water partition coefficient (Wildman–Crippen LogP) is 5.79. The summed E-state index contributed by atoms with van der Waals surface area (Å²) in [5, 5.41) is 3.39. The third-order valence-corrected chi connectivity index (χ3v) is 8.58. The van der Waals surface area contributed by atoms with E-state index in [1.807, 2.05) is 24.5 Å². The van der Waals surface area contributed by atoms with Crippen molar-refractivity contribution < 1.29 is 23.9 Å². The average Bonchev–Trinajstić information content (AvgIpc) is 3.38. The van der Waals surface area contributed by atoms with Crippen LogP contribution in [0.25, 0.3) is 11.1 Å². The van der Waals surface area contributed by atoms with Crippen molar-refractivity contribution in [2.75, 3.05) is 12.0 Å². The number of fused-ring (bicyclic) bond motifs is 1. The Kier molecular flexibility index (Phi) is 6.94. The SMILES string of the molecule is COC(=O)c1c(-n2c(C)cc(/C=C3\C(=O)NC(=O)N(c4ccc(Cl)cc4Cl)C3=O)c2C)sc2c1CCCC2. The van der Waals surface area contributed by atoms with E-state index < -0.39 is 17.8 Å². The van der Waals surface area contributed by atoms with E-state index in [2.05, 4.69) is 5.32 Å². The molecule has 3 aromatic rings. The Morgan fingerprint density at radius 3 is 2.55 bits per heavy atom. The van der Waals surface area contributed by atoms with E-state index in [1.165, 1.54) is 36.3 Å². The van der Waals surface area contributed by atoms with Crippen LogP contribution >= 0.6 is 34.5 Å². The Morgan fingerprint density at radius 2 is 1.84 bits per heavy atom. The van der Waals surface area contributed by atoms with Crippen LogP contribution in [0.1, 0.15) is 50.6 Å². The number of hydrogen-bond acceptors (Lipinski definition) is 6. The number of amides is 4. The lowest BCUT2D eigenvalue weighted by molar-refractivity contribution is -0.122. The van der Waals surface area contributed by atoms with E-state index in [1.54, 1.807) is 11.3 Å². The van der Waals surface area contributed by atoms with Crippen LogP contribution < -0.4 is 10.2 Å². The Hall–Kier alpha value is -3.40. The van der Waals surface area contributed by atoms with E-state index in [0.717, 1.165) is 52.5 Å². The molecule has 0 atom stereocenters. The van der Waals surface area contributed by atoms with Crippen LogP contribution in [0.15, 0.2) is 29.8 Å². The molecule has 1 N–H and O–H groups in total. The molecule has 196 valence electrons. The molecule has 0 bridgehead atoms. The minimum absolute atomic E-state index is 0.0879. The molecule has 5 rings (SSSR count). The molecule has 0 radical (unpaired) electrons. The van der Waals surface area contributed by atoms with Crippen LogP contribution in [0.3, 0.4) is 0 Å². The largest absolute Gasteiger partial charge is 0.465 e. The number of halogens is 2. The van der Waals surface area contributed by atoms with Crippen LogP contribution in [0, 0.1) is 13.8 Å². The first kappa shape index (κ1) is 26.2. The van der Waals surface area contributed by atoms with E-state index in [4.69, 9.17) is 27.9 Å². The van der Waals surface area contributed by atoms with Crippen molar-refractivity contribution in [3.8, 4) is 5.00 Å². The van der Waals surface area contributed by atoms with Gasteiger partial charge in [-0.05, 0) is 81.0 Å². The minimum atomic E-state index is -0.904. The first-order chi connectivity index (χ1) is 18.1. The molecule has 0 saturated carbocycles. The number of esters is 1. The third-order valence-electron chi connectivity index (χ3n) is 6.77. The molecule has 2 aliphatic rings. The normalized spacial score (nSPS) is 16.6. The maximum atomic E-state index is 13.4. The highest BCUT2D eigenvalue weighted by Gasteiger charge is 2.38. The number of benzene rings is 1. The molecule has 1 fully saturated rings. The van der Waals surface area contributed by atoms with Gasteiger partial charge in [-0.2, -0.15) is 0 Å². The van der Waals surface area contributed by atoms with Crippen molar-refractivity contribution in [2.24, 2.45) is 0 Å². The van der Waals surface area contributed by atoms with Crippen molar-refractivity contribution >= 4 is 70.1 Å². The molecule has 1 aliphatic carbocycles. The van der Waals surface area contributed by atoms with Gasteiger partial charge in [-0.1, -0.05) is 23.2 Å². The highest BCUT2D eigenvalue weighted by molar-refractivity contribution is 7.15. The second kappa shape index (κ2) is 10.1. The highest BCUT2D eigenvalue weighted by atomic mass is 35.5. The summed E-state index contributed by atoms with van der Waals surface area (Å²) < 4.78 is 7.08. The van der Waals surface area contributed by atoms with E-state index >= 15 is 0 Å². The highest BCUT2D eigenvalue weighted by Crippen LogP contribution is 2.39. The van der Waals surface area contributed by atoms with Gasteiger partial charge in [0.1, 0.15) is 10.6 Å². The third kappa shape index (κ3) is 4.34.